The molecule has 108 valence electrons. The molecule has 0 saturated heterocycles. The van der Waals surface area contributed by atoms with Gasteiger partial charge < -0.3 is 15.0 Å². The Bertz CT molecular complexity index is 342. The third-order valence-corrected chi connectivity index (χ3v) is 2.99. The van der Waals surface area contributed by atoms with Crippen LogP contribution < -0.4 is 10.2 Å². The molecule has 0 amide bonds. The molecule has 0 fully saturated rings. The zero-order chi connectivity index (χ0) is 14.1. The third-order valence-electron chi connectivity index (χ3n) is 2.99. The van der Waals surface area contributed by atoms with E-state index in [0.29, 0.717) is 6.61 Å². The molecule has 1 aromatic heterocycles. The van der Waals surface area contributed by atoms with E-state index in [4.69, 9.17) is 4.74 Å². The fraction of sp³-hybridized carbons (Fsp3) is 0.714. The molecule has 5 nitrogen and oxygen atoms in total. The zero-order valence-corrected chi connectivity index (χ0v) is 12.5. The second kappa shape index (κ2) is 8.82. The summed E-state index contributed by atoms with van der Waals surface area (Å²) in [4.78, 5) is 11.0. The minimum Gasteiger partial charge on any atom is -0.383 e. The smallest absolute Gasteiger partial charge is 0.225 e. The highest BCUT2D eigenvalue weighted by Gasteiger charge is 2.14. The summed E-state index contributed by atoms with van der Waals surface area (Å²) in [7, 11) is 1.72. The molecule has 0 radical (unpaired) electrons. The van der Waals surface area contributed by atoms with E-state index < -0.39 is 0 Å². The molecule has 1 unspecified atom stereocenters. The van der Waals surface area contributed by atoms with Crippen LogP contribution in [0.25, 0.3) is 0 Å². The van der Waals surface area contributed by atoms with Crippen LogP contribution >= 0.6 is 0 Å². The lowest BCUT2D eigenvalue weighted by Crippen LogP contribution is -2.37. The Hall–Kier alpha value is -1.20. The van der Waals surface area contributed by atoms with Gasteiger partial charge in [0.1, 0.15) is 0 Å². The van der Waals surface area contributed by atoms with E-state index in [9.17, 15) is 0 Å². The quantitative estimate of drug-likeness (QED) is 0.691. The SMILES string of the molecule is CCCNCc1cnc(N(CC)C(C)COC)nc1. The number of hydrogen-bond acceptors (Lipinski definition) is 5. The molecule has 1 rings (SSSR count). The van der Waals surface area contributed by atoms with Gasteiger partial charge in [-0.1, -0.05) is 6.92 Å². The van der Waals surface area contributed by atoms with Gasteiger partial charge in [-0.05, 0) is 26.8 Å². The van der Waals surface area contributed by atoms with Crippen molar-refractivity contribution >= 4 is 5.95 Å². The van der Waals surface area contributed by atoms with Crippen molar-refractivity contribution in [2.24, 2.45) is 0 Å². The Kier molecular flexibility index (Phi) is 7.36. The van der Waals surface area contributed by atoms with Gasteiger partial charge in [0, 0.05) is 38.2 Å². The highest BCUT2D eigenvalue weighted by atomic mass is 16.5. The molecule has 1 N–H and O–H groups in total. The first-order valence-corrected chi connectivity index (χ1v) is 7.00. The summed E-state index contributed by atoms with van der Waals surface area (Å²) in [6, 6.07) is 0.277. The van der Waals surface area contributed by atoms with Crippen LogP contribution in [0.3, 0.4) is 0 Å². The van der Waals surface area contributed by atoms with Gasteiger partial charge in [-0.15, -0.1) is 0 Å². The maximum absolute atomic E-state index is 5.19. The predicted molar refractivity (Wildman–Crippen MR) is 78.4 cm³/mol. The minimum atomic E-state index is 0.277. The van der Waals surface area contributed by atoms with Crippen molar-refractivity contribution in [3.05, 3.63) is 18.0 Å². The van der Waals surface area contributed by atoms with E-state index in [-0.39, 0.29) is 6.04 Å². The normalized spacial score (nSPS) is 12.4. The first-order valence-electron chi connectivity index (χ1n) is 7.00. The second-order valence-electron chi connectivity index (χ2n) is 4.66. The number of likely N-dealkylation sites (N-methyl/N-ethyl adjacent to an activating group) is 1. The van der Waals surface area contributed by atoms with Gasteiger partial charge in [0.2, 0.25) is 5.95 Å². The highest BCUT2D eigenvalue weighted by Crippen LogP contribution is 2.11. The predicted octanol–water partition coefficient (Wildman–Crippen LogP) is 1.84. The average molecular weight is 266 g/mol. The van der Waals surface area contributed by atoms with Crippen LogP contribution in [-0.4, -0.2) is 42.8 Å². The van der Waals surface area contributed by atoms with Crippen LogP contribution in [0.5, 0.6) is 0 Å². The van der Waals surface area contributed by atoms with Crippen molar-refractivity contribution < 1.29 is 4.74 Å². The van der Waals surface area contributed by atoms with E-state index in [2.05, 4.69) is 41.0 Å². The molecule has 1 heterocycles. The van der Waals surface area contributed by atoms with Crippen LogP contribution in [0, 0.1) is 0 Å². The maximum atomic E-state index is 5.19. The molecule has 0 saturated carbocycles. The Balaban J connectivity index is 2.62. The van der Waals surface area contributed by atoms with Gasteiger partial charge in [-0.25, -0.2) is 9.97 Å². The number of methoxy groups -OCH3 is 1. The van der Waals surface area contributed by atoms with Gasteiger partial charge in [0.15, 0.2) is 0 Å². The van der Waals surface area contributed by atoms with E-state index >= 15 is 0 Å². The molecule has 0 aliphatic carbocycles. The van der Waals surface area contributed by atoms with Gasteiger partial charge in [-0.3, -0.25) is 0 Å². The zero-order valence-electron chi connectivity index (χ0n) is 12.5. The Labute approximate surface area is 116 Å². The molecule has 5 heteroatoms. The van der Waals surface area contributed by atoms with Crippen LogP contribution in [0.1, 0.15) is 32.8 Å². The van der Waals surface area contributed by atoms with Crippen LogP contribution in [0.4, 0.5) is 5.95 Å². The van der Waals surface area contributed by atoms with Gasteiger partial charge in [0.05, 0.1) is 12.6 Å². The number of hydrogen-bond donors (Lipinski definition) is 1. The minimum absolute atomic E-state index is 0.277. The third kappa shape index (κ3) is 5.12. The van der Waals surface area contributed by atoms with Gasteiger partial charge in [-0.2, -0.15) is 0 Å². The Morgan fingerprint density at radius 1 is 1.32 bits per heavy atom. The van der Waals surface area contributed by atoms with Crippen molar-refractivity contribution in [1.29, 1.82) is 0 Å². The van der Waals surface area contributed by atoms with Crippen molar-refractivity contribution in [1.82, 2.24) is 15.3 Å². The largest absolute Gasteiger partial charge is 0.383 e. The first kappa shape index (κ1) is 15.9. The Morgan fingerprint density at radius 2 is 2.00 bits per heavy atom. The van der Waals surface area contributed by atoms with Crippen molar-refractivity contribution in [2.45, 2.75) is 39.8 Å². The van der Waals surface area contributed by atoms with Crippen molar-refractivity contribution in [3.8, 4) is 0 Å². The summed E-state index contributed by atoms with van der Waals surface area (Å²) >= 11 is 0. The molecular formula is C14H26N4O. The summed E-state index contributed by atoms with van der Waals surface area (Å²) in [5.41, 5.74) is 1.12. The highest BCUT2D eigenvalue weighted by molar-refractivity contribution is 5.31. The van der Waals surface area contributed by atoms with Crippen LogP contribution in [0.15, 0.2) is 12.4 Å². The average Bonchev–Trinajstić information content (AvgIpc) is 2.42. The van der Waals surface area contributed by atoms with E-state index in [1.165, 1.54) is 0 Å². The van der Waals surface area contributed by atoms with E-state index in [1.807, 2.05) is 12.4 Å². The van der Waals surface area contributed by atoms with Crippen molar-refractivity contribution in [2.75, 3.05) is 31.7 Å². The van der Waals surface area contributed by atoms with Crippen molar-refractivity contribution in [3.63, 3.8) is 0 Å². The summed E-state index contributed by atoms with van der Waals surface area (Å²) in [5, 5.41) is 3.34. The summed E-state index contributed by atoms with van der Waals surface area (Å²) < 4.78 is 5.19. The molecule has 0 spiro atoms. The Morgan fingerprint density at radius 3 is 2.53 bits per heavy atom. The number of rotatable bonds is 9. The number of nitrogens with one attached hydrogen (secondary N) is 1. The molecule has 19 heavy (non-hydrogen) atoms. The molecular weight excluding hydrogens is 240 g/mol. The molecule has 0 aliphatic heterocycles. The van der Waals surface area contributed by atoms with Crippen LogP contribution in [0.2, 0.25) is 0 Å². The fourth-order valence-corrected chi connectivity index (χ4v) is 1.98. The van der Waals surface area contributed by atoms with Gasteiger partial charge >= 0.3 is 0 Å². The van der Waals surface area contributed by atoms with Crippen LogP contribution in [-0.2, 0) is 11.3 Å². The number of ether oxygens (including phenoxy) is 1. The number of nitrogens with zero attached hydrogens (tertiary/aromatic N) is 3. The first-order chi connectivity index (χ1) is 9.22. The lowest BCUT2D eigenvalue weighted by molar-refractivity contribution is 0.181. The summed E-state index contributed by atoms with van der Waals surface area (Å²) in [5.74, 6) is 0.770. The molecule has 1 aromatic rings. The van der Waals surface area contributed by atoms with E-state index in [0.717, 1.165) is 37.6 Å². The maximum Gasteiger partial charge on any atom is 0.225 e. The molecule has 0 aliphatic rings. The molecule has 1 atom stereocenters. The van der Waals surface area contributed by atoms with E-state index in [1.54, 1.807) is 7.11 Å². The fourth-order valence-electron chi connectivity index (χ4n) is 1.98. The topological polar surface area (TPSA) is 50.3 Å². The summed E-state index contributed by atoms with van der Waals surface area (Å²) in [6.07, 6.45) is 4.93. The molecule has 0 bridgehead atoms. The lowest BCUT2D eigenvalue weighted by Gasteiger charge is -2.27. The lowest BCUT2D eigenvalue weighted by atomic mass is 10.3. The standard InChI is InChI=1S/C14H26N4O/c1-5-7-15-8-13-9-16-14(17-10-13)18(6-2)12(3)11-19-4/h9-10,12,15H,5-8,11H2,1-4H3. The molecule has 0 aromatic carbocycles. The second-order valence-corrected chi connectivity index (χ2v) is 4.66. The monoisotopic (exact) mass is 266 g/mol. The van der Waals surface area contributed by atoms with Gasteiger partial charge in [0.25, 0.3) is 0 Å². The summed E-state index contributed by atoms with van der Waals surface area (Å²) in [6.45, 7) is 9.78. The number of anilines is 1. The number of aromatic nitrogens is 2.